The number of fused-ring (bicyclic) bond motifs is 3. The van der Waals surface area contributed by atoms with Gasteiger partial charge in [0, 0.05) is 24.2 Å². The molecule has 3 aliphatic rings. The van der Waals surface area contributed by atoms with Gasteiger partial charge >= 0.3 is 6.09 Å². The third-order valence-electron chi connectivity index (χ3n) is 8.01. The van der Waals surface area contributed by atoms with Crippen molar-refractivity contribution in [1.29, 1.82) is 0 Å². The van der Waals surface area contributed by atoms with Crippen LogP contribution in [0.4, 0.5) is 4.79 Å². The van der Waals surface area contributed by atoms with Gasteiger partial charge in [-0.2, -0.15) is 0 Å². The Morgan fingerprint density at radius 3 is 2.37 bits per heavy atom. The molecule has 3 heterocycles. The maximum absolute atomic E-state index is 13.2. The predicted octanol–water partition coefficient (Wildman–Crippen LogP) is 2.67. The summed E-state index contributed by atoms with van der Waals surface area (Å²) in [4.78, 5) is 41.2. The highest BCUT2D eigenvalue weighted by molar-refractivity contribution is 6.59. The maximum atomic E-state index is 13.2. The molecule has 3 amide bonds. The molecule has 3 aliphatic heterocycles. The molecule has 2 bridgehead atoms. The lowest BCUT2D eigenvalue weighted by Crippen LogP contribution is -2.58. The molecule has 11 heteroatoms. The molecule has 0 aromatic heterocycles. The van der Waals surface area contributed by atoms with Crippen molar-refractivity contribution in [2.24, 2.45) is 0 Å². The van der Waals surface area contributed by atoms with E-state index in [1.165, 1.54) is 0 Å². The fourth-order valence-corrected chi connectivity index (χ4v) is 8.87. The molecule has 0 radical (unpaired) electrons. The van der Waals surface area contributed by atoms with E-state index in [1.54, 1.807) is 61.7 Å². The first-order valence-electron chi connectivity index (χ1n) is 14.3. The monoisotopic (exact) mass is 581 g/mol. The lowest BCUT2D eigenvalue weighted by Gasteiger charge is -2.45. The Kier molecular flexibility index (Phi) is 8.39. The molecule has 2 saturated heterocycles. The minimum atomic E-state index is -2.38. The maximum Gasteiger partial charge on any atom is 0.402 e. The third-order valence-corrected chi connectivity index (χ3v) is 11.2. The molecule has 0 aliphatic carbocycles. The summed E-state index contributed by atoms with van der Waals surface area (Å²) in [6.07, 6.45) is 2.46. The van der Waals surface area contributed by atoms with Crippen molar-refractivity contribution in [2.45, 2.75) is 76.0 Å². The van der Waals surface area contributed by atoms with Gasteiger partial charge in [0.1, 0.15) is 11.4 Å². The normalized spacial score (nSPS) is 22.9. The van der Waals surface area contributed by atoms with Crippen molar-refractivity contribution in [3.63, 3.8) is 0 Å². The van der Waals surface area contributed by atoms with Crippen LogP contribution in [-0.4, -0.2) is 89.7 Å². The molecule has 220 valence electrons. The number of carbonyl (C=O) groups is 3. The molecule has 2 unspecified atom stereocenters. The molecular weight excluding hydrogens is 542 g/mol. The molecule has 10 nitrogen and oxygen atoms in total. The van der Waals surface area contributed by atoms with Gasteiger partial charge in [0.25, 0.3) is 11.8 Å². The van der Waals surface area contributed by atoms with Crippen LogP contribution < -0.4 is 5.32 Å². The molecule has 2 fully saturated rings. The second-order valence-electron chi connectivity index (χ2n) is 12.2. The first-order chi connectivity index (χ1) is 19.5. The largest absolute Gasteiger partial charge is 0.508 e. The van der Waals surface area contributed by atoms with E-state index in [9.17, 15) is 24.6 Å². The van der Waals surface area contributed by atoms with Crippen LogP contribution in [0.1, 0.15) is 71.9 Å². The van der Waals surface area contributed by atoms with Gasteiger partial charge < -0.3 is 34.5 Å². The molecule has 3 N–H and O–H groups in total. The van der Waals surface area contributed by atoms with Crippen LogP contribution in [0, 0.1) is 0 Å². The number of phenolic OH excluding ortho intramolecular Hbond substituents is 1. The summed E-state index contributed by atoms with van der Waals surface area (Å²) < 4.78 is 12.9. The van der Waals surface area contributed by atoms with Crippen molar-refractivity contribution >= 4 is 26.9 Å². The van der Waals surface area contributed by atoms with E-state index < -0.39 is 26.4 Å². The average molecular weight is 582 g/mol. The SMILES string of the molecule is CC(C)(C)OC(=O)N1Cc2cc(O)ccc2C[Si@H]1[C@H](O)CNC(=O)c1ccc(C(=O)N2C3CCCC2COC3)cc1. The number of phenols is 1. The number of carbonyl (C=O) groups excluding carboxylic acids is 3. The second-order valence-corrected chi connectivity index (χ2v) is 15.1. The molecule has 0 saturated carbocycles. The van der Waals surface area contributed by atoms with Crippen LogP contribution in [0.25, 0.3) is 0 Å². The zero-order valence-electron chi connectivity index (χ0n) is 23.8. The smallest absolute Gasteiger partial charge is 0.402 e. The zero-order valence-corrected chi connectivity index (χ0v) is 25.0. The van der Waals surface area contributed by atoms with E-state index >= 15 is 0 Å². The molecular formula is C30H39N3O7Si. The standard InChI is InChI=1S/C30H39N3O7Si/c1-30(2,3)40-29(38)32-15-22-13-25(34)12-11-21(22)18-41(32)26(35)14-31-27(36)19-7-9-20(10-8-19)28(37)33-23-5-4-6-24(33)17-39-16-23/h7-13,23-24,26,34-35,41H,4-6,14-18H2,1-3H3,(H,31,36)/t23?,24?,26-,41-/m0/s1. The van der Waals surface area contributed by atoms with Gasteiger partial charge in [-0.25, -0.2) is 4.79 Å². The highest BCUT2D eigenvalue weighted by Gasteiger charge is 2.39. The van der Waals surface area contributed by atoms with Gasteiger partial charge in [-0.15, -0.1) is 0 Å². The lowest BCUT2D eigenvalue weighted by molar-refractivity contribution is -0.0565. The van der Waals surface area contributed by atoms with Crippen LogP contribution >= 0.6 is 0 Å². The van der Waals surface area contributed by atoms with E-state index in [2.05, 4.69) is 5.32 Å². The number of aliphatic hydroxyl groups is 1. The van der Waals surface area contributed by atoms with Crippen LogP contribution in [-0.2, 0) is 22.1 Å². The van der Waals surface area contributed by atoms with E-state index in [0.29, 0.717) is 30.4 Å². The summed E-state index contributed by atoms with van der Waals surface area (Å²) in [5, 5.41) is 23.9. The molecule has 4 atom stereocenters. The second kappa shape index (κ2) is 11.8. The number of nitrogens with one attached hydrogen (secondary N) is 1. The van der Waals surface area contributed by atoms with Crippen molar-refractivity contribution < 1.29 is 34.1 Å². The number of nitrogens with zero attached hydrogens (tertiary/aromatic N) is 2. The van der Waals surface area contributed by atoms with Crippen LogP contribution in [0.5, 0.6) is 5.75 Å². The number of ether oxygens (including phenoxy) is 2. The Bertz CT molecular complexity index is 1270. The van der Waals surface area contributed by atoms with Crippen LogP contribution in [0.15, 0.2) is 42.5 Å². The number of rotatable bonds is 5. The van der Waals surface area contributed by atoms with Gasteiger partial charge in [0.05, 0.1) is 31.0 Å². The predicted molar refractivity (Wildman–Crippen MR) is 154 cm³/mol. The minimum absolute atomic E-state index is 0.0275. The number of aromatic hydroxyl groups is 1. The van der Waals surface area contributed by atoms with Gasteiger partial charge in [0.15, 0.2) is 8.96 Å². The van der Waals surface area contributed by atoms with E-state index in [1.807, 2.05) is 11.0 Å². The molecule has 0 spiro atoms. The quantitative estimate of drug-likeness (QED) is 0.463. The van der Waals surface area contributed by atoms with E-state index in [0.717, 1.165) is 30.4 Å². The topological polar surface area (TPSA) is 129 Å². The molecule has 2 aromatic rings. The summed E-state index contributed by atoms with van der Waals surface area (Å²) >= 11 is 0. The minimum Gasteiger partial charge on any atom is -0.508 e. The number of aliphatic hydroxyl groups excluding tert-OH is 1. The summed E-state index contributed by atoms with van der Waals surface area (Å²) in [7, 11) is -2.38. The van der Waals surface area contributed by atoms with Crippen molar-refractivity contribution in [1.82, 2.24) is 14.8 Å². The summed E-state index contributed by atoms with van der Waals surface area (Å²) in [5.41, 5.74) is 1.05. The number of benzene rings is 2. The van der Waals surface area contributed by atoms with Crippen molar-refractivity contribution in [3.05, 3.63) is 64.7 Å². The first-order valence-corrected chi connectivity index (χ1v) is 16.3. The number of amides is 3. The van der Waals surface area contributed by atoms with Crippen LogP contribution in [0.3, 0.4) is 0 Å². The van der Waals surface area contributed by atoms with E-state index in [4.69, 9.17) is 9.47 Å². The van der Waals surface area contributed by atoms with Crippen LogP contribution in [0.2, 0.25) is 0 Å². The first kappa shape index (κ1) is 29.1. The number of piperidine rings is 1. The van der Waals surface area contributed by atoms with Gasteiger partial charge in [-0.05, 0) is 93.6 Å². The summed E-state index contributed by atoms with van der Waals surface area (Å²) in [6.45, 7) is 6.68. The Morgan fingerprint density at radius 2 is 1.71 bits per heavy atom. The Balaban J connectivity index is 1.23. The third kappa shape index (κ3) is 6.58. The molecule has 41 heavy (non-hydrogen) atoms. The zero-order chi connectivity index (χ0) is 29.3. The fraction of sp³-hybridized carbons (Fsp3) is 0.500. The van der Waals surface area contributed by atoms with Gasteiger partial charge in [-0.1, -0.05) is 6.07 Å². The van der Waals surface area contributed by atoms with Gasteiger partial charge in [0.2, 0.25) is 0 Å². The number of hydrogen-bond donors (Lipinski definition) is 3. The Hall–Kier alpha value is -3.41. The summed E-state index contributed by atoms with van der Waals surface area (Å²) in [6, 6.07) is 12.3. The molecule has 5 rings (SSSR count). The Morgan fingerprint density at radius 1 is 1.05 bits per heavy atom. The number of morpholine rings is 1. The Labute approximate surface area is 241 Å². The van der Waals surface area contributed by atoms with Crippen molar-refractivity contribution in [3.8, 4) is 5.75 Å². The van der Waals surface area contributed by atoms with Gasteiger partial charge in [-0.3, -0.25) is 9.59 Å². The molecule has 2 aromatic carbocycles. The highest BCUT2D eigenvalue weighted by Crippen LogP contribution is 2.30. The average Bonchev–Trinajstić information content (AvgIpc) is 2.93. The lowest BCUT2D eigenvalue weighted by atomic mass is 9.93. The van der Waals surface area contributed by atoms with Crippen molar-refractivity contribution in [2.75, 3.05) is 19.8 Å². The number of hydrogen-bond acceptors (Lipinski definition) is 7. The highest BCUT2D eigenvalue weighted by atomic mass is 28.3. The fourth-order valence-electron chi connectivity index (χ4n) is 5.97. The van der Waals surface area contributed by atoms with E-state index in [-0.39, 0.29) is 42.7 Å². The summed E-state index contributed by atoms with van der Waals surface area (Å²) in [5.74, 6) is -0.295.